The molecule has 5 aromatic carbocycles. The second kappa shape index (κ2) is 4.45. The van der Waals surface area contributed by atoms with Gasteiger partial charge in [0.15, 0.2) is 0 Å². The number of hydrogen-bond acceptors (Lipinski definition) is 2. The van der Waals surface area contributed by atoms with Gasteiger partial charge in [-0.3, -0.25) is 0 Å². The highest BCUT2D eigenvalue weighted by Crippen LogP contribution is 2.37. The summed E-state index contributed by atoms with van der Waals surface area (Å²) in [5.41, 5.74) is 0.589. The standard InChI is InChI=1S/C20H13BO2/c22-21(23)20-16-7-2-1-6-14(16)15-10-8-12-4-3-5-13-9-11-17(20)19(15)18(12)13/h1-11,22-23H. The fraction of sp³-hybridized carbons (Fsp3) is 0. The monoisotopic (exact) mass is 296 g/mol. The molecule has 0 bridgehead atoms. The van der Waals surface area contributed by atoms with Gasteiger partial charge in [0.1, 0.15) is 0 Å². The van der Waals surface area contributed by atoms with Crippen LogP contribution in [0.25, 0.3) is 43.1 Å². The normalized spacial score (nSPS) is 11.9. The van der Waals surface area contributed by atoms with Crippen molar-refractivity contribution in [2.24, 2.45) is 0 Å². The van der Waals surface area contributed by atoms with Gasteiger partial charge in [0.25, 0.3) is 0 Å². The first kappa shape index (κ1) is 12.9. The first-order valence-corrected chi connectivity index (χ1v) is 7.70. The third kappa shape index (κ3) is 1.61. The molecule has 0 fully saturated rings. The molecule has 0 aliphatic rings. The van der Waals surface area contributed by atoms with E-state index in [9.17, 15) is 10.0 Å². The van der Waals surface area contributed by atoms with Gasteiger partial charge in [-0.25, -0.2) is 0 Å². The summed E-state index contributed by atoms with van der Waals surface area (Å²) in [6.07, 6.45) is 0. The van der Waals surface area contributed by atoms with Gasteiger partial charge >= 0.3 is 7.12 Å². The Morgan fingerprint density at radius 2 is 1.17 bits per heavy atom. The molecular weight excluding hydrogens is 283 g/mol. The Morgan fingerprint density at radius 1 is 0.522 bits per heavy atom. The van der Waals surface area contributed by atoms with E-state index in [2.05, 4.69) is 36.4 Å². The highest BCUT2D eigenvalue weighted by Gasteiger charge is 2.22. The van der Waals surface area contributed by atoms with Gasteiger partial charge in [0.05, 0.1) is 0 Å². The summed E-state index contributed by atoms with van der Waals surface area (Å²) in [5.74, 6) is 0. The fourth-order valence-electron chi connectivity index (χ4n) is 3.91. The Kier molecular flexibility index (Phi) is 2.49. The molecule has 0 aliphatic carbocycles. The second-order valence-electron chi connectivity index (χ2n) is 6.01. The molecule has 108 valence electrons. The topological polar surface area (TPSA) is 40.5 Å². The van der Waals surface area contributed by atoms with Crippen molar-refractivity contribution in [3.63, 3.8) is 0 Å². The maximum atomic E-state index is 10.0. The lowest BCUT2D eigenvalue weighted by molar-refractivity contribution is 0.426. The van der Waals surface area contributed by atoms with E-state index in [-0.39, 0.29) is 0 Å². The molecule has 3 heteroatoms. The Balaban J connectivity index is 2.21. The predicted molar refractivity (Wildman–Crippen MR) is 97.5 cm³/mol. The molecule has 5 rings (SSSR count). The molecule has 0 radical (unpaired) electrons. The SMILES string of the molecule is OB(O)c1c2ccccc2c2ccc3cccc4ccc1c2c43. The molecule has 0 unspecified atom stereocenters. The molecule has 5 aromatic rings. The minimum absolute atomic E-state index is 0.589. The average Bonchev–Trinajstić information content (AvgIpc) is 2.58. The zero-order valence-corrected chi connectivity index (χ0v) is 12.3. The predicted octanol–water partition coefficient (Wildman–Crippen LogP) is 3.42. The van der Waals surface area contributed by atoms with E-state index in [1.165, 1.54) is 16.2 Å². The van der Waals surface area contributed by atoms with E-state index in [0.29, 0.717) is 5.46 Å². The third-order valence-corrected chi connectivity index (χ3v) is 4.83. The molecule has 0 saturated heterocycles. The highest BCUT2D eigenvalue weighted by atomic mass is 16.4. The van der Waals surface area contributed by atoms with Crippen LogP contribution < -0.4 is 5.46 Å². The van der Waals surface area contributed by atoms with Crippen molar-refractivity contribution in [1.29, 1.82) is 0 Å². The van der Waals surface area contributed by atoms with Crippen LogP contribution in [0.2, 0.25) is 0 Å². The van der Waals surface area contributed by atoms with Crippen LogP contribution >= 0.6 is 0 Å². The molecular formula is C20H13BO2. The summed E-state index contributed by atoms with van der Waals surface area (Å²) in [6.45, 7) is 0. The van der Waals surface area contributed by atoms with Gasteiger partial charge in [0, 0.05) is 0 Å². The molecule has 0 amide bonds. The van der Waals surface area contributed by atoms with Crippen LogP contribution in [0.4, 0.5) is 0 Å². The van der Waals surface area contributed by atoms with Crippen molar-refractivity contribution < 1.29 is 10.0 Å². The van der Waals surface area contributed by atoms with Crippen molar-refractivity contribution in [3.05, 3.63) is 66.7 Å². The lowest BCUT2D eigenvalue weighted by Crippen LogP contribution is -2.31. The van der Waals surface area contributed by atoms with Crippen LogP contribution in [0.3, 0.4) is 0 Å². The number of fused-ring (bicyclic) bond motifs is 2. The number of hydrogen-bond donors (Lipinski definition) is 2. The average molecular weight is 296 g/mol. The molecule has 2 nitrogen and oxygen atoms in total. The van der Waals surface area contributed by atoms with Crippen molar-refractivity contribution in [3.8, 4) is 0 Å². The van der Waals surface area contributed by atoms with Crippen molar-refractivity contribution in [1.82, 2.24) is 0 Å². The molecule has 23 heavy (non-hydrogen) atoms. The van der Waals surface area contributed by atoms with Gasteiger partial charge in [-0.1, -0.05) is 66.7 Å². The van der Waals surface area contributed by atoms with E-state index in [1.54, 1.807) is 0 Å². The maximum Gasteiger partial charge on any atom is 0.489 e. The van der Waals surface area contributed by atoms with Gasteiger partial charge in [-0.2, -0.15) is 0 Å². The Morgan fingerprint density at radius 3 is 1.87 bits per heavy atom. The van der Waals surface area contributed by atoms with Crippen LogP contribution in [-0.4, -0.2) is 17.2 Å². The van der Waals surface area contributed by atoms with E-state index >= 15 is 0 Å². The molecule has 0 heterocycles. The van der Waals surface area contributed by atoms with Crippen molar-refractivity contribution in [2.75, 3.05) is 0 Å². The molecule has 0 spiro atoms. The minimum atomic E-state index is -1.50. The Bertz CT molecular complexity index is 1180. The third-order valence-electron chi connectivity index (χ3n) is 4.83. The number of rotatable bonds is 1. The van der Waals surface area contributed by atoms with Crippen molar-refractivity contribution in [2.45, 2.75) is 0 Å². The summed E-state index contributed by atoms with van der Waals surface area (Å²) in [5, 5.41) is 28.7. The van der Waals surface area contributed by atoms with Gasteiger partial charge < -0.3 is 10.0 Å². The molecule has 2 N–H and O–H groups in total. The Labute approximate surface area is 133 Å². The highest BCUT2D eigenvalue weighted by molar-refractivity contribution is 6.66. The van der Waals surface area contributed by atoms with Crippen LogP contribution in [-0.2, 0) is 0 Å². The van der Waals surface area contributed by atoms with Crippen LogP contribution in [0.1, 0.15) is 0 Å². The van der Waals surface area contributed by atoms with Crippen LogP contribution in [0.15, 0.2) is 66.7 Å². The zero-order chi connectivity index (χ0) is 15.6. The van der Waals surface area contributed by atoms with E-state index in [4.69, 9.17) is 0 Å². The van der Waals surface area contributed by atoms with E-state index in [0.717, 1.165) is 26.9 Å². The lowest BCUT2D eigenvalue weighted by Gasteiger charge is -2.17. The van der Waals surface area contributed by atoms with E-state index < -0.39 is 7.12 Å². The van der Waals surface area contributed by atoms with Crippen LogP contribution in [0, 0.1) is 0 Å². The Hall–Kier alpha value is -2.62. The fourth-order valence-corrected chi connectivity index (χ4v) is 3.91. The zero-order valence-electron chi connectivity index (χ0n) is 12.3. The lowest BCUT2D eigenvalue weighted by atomic mass is 9.72. The quantitative estimate of drug-likeness (QED) is 0.283. The smallest absolute Gasteiger partial charge is 0.423 e. The van der Waals surface area contributed by atoms with Crippen molar-refractivity contribution >= 4 is 55.7 Å². The number of benzene rings is 5. The van der Waals surface area contributed by atoms with Gasteiger partial charge in [-0.05, 0) is 48.6 Å². The summed E-state index contributed by atoms with van der Waals surface area (Å²) < 4.78 is 0. The van der Waals surface area contributed by atoms with Crippen LogP contribution in [0.5, 0.6) is 0 Å². The molecule has 0 atom stereocenters. The first-order chi connectivity index (χ1) is 11.3. The largest absolute Gasteiger partial charge is 0.489 e. The second-order valence-corrected chi connectivity index (χ2v) is 6.01. The van der Waals surface area contributed by atoms with E-state index in [1.807, 2.05) is 30.3 Å². The minimum Gasteiger partial charge on any atom is -0.423 e. The molecule has 0 saturated carbocycles. The summed E-state index contributed by atoms with van der Waals surface area (Å²) in [6, 6.07) is 22.5. The summed E-state index contributed by atoms with van der Waals surface area (Å²) in [7, 11) is -1.50. The summed E-state index contributed by atoms with van der Waals surface area (Å²) in [4.78, 5) is 0. The molecule has 0 aromatic heterocycles. The molecule has 0 aliphatic heterocycles. The van der Waals surface area contributed by atoms with Gasteiger partial charge in [-0.15, -0.1) is 0 Å². The van der Waals surface area contributed by atoms with Gasteiger partial charge in [0.2, 0.25) is 0 Å². The first-order valence-electron chi connectivity index (χ1n) is 7.70. The maximum absolute atomic E-state index is 10.0. The summed E-state index contributed by atoms with van der Waals surface area (Å²) >= 11 is 0.